The Balaban J connectivity index is 2.05. The van der Waals surface area contributed by atoms with Crippen LogP contribution >= 0.6 is 11.6 Å². The number of unbranched alkanes of at least 4 members (excludes halogenated alkanes) is 3. The molecule has 0 aliphatic heterocycles. The zero-order chi connectivity index (χ0) is 17.9. The van der Waals surface area contributed by atoms with Crippen molar-refractivity contribution in [2.24, 2.45) is 0 Å². The SMILES string of the molecule is CCCCCCc1ccnc(-c2ccccc2OCCC(Cl)CC)n1. The van der Waals surface area contributed by atoms with Crippen LogP contribution in [0.3, 0.4) is 0 Å². The summed E-state index contributed by atoms with van der Waals surface area (Å²) in [5.41, 5.74) is 2.04. The van der Waals surface area contributed by atoms with Crippen LogP contribution in [0.4, 0.5) is 0 Å². The first kappa shape index (κ1) is 19.7. The van der Waals surface area contributed by atoms with Crippen LogP contribution < -0.4 is 4.74 Å². The van der Waals surface area contributed by atoms with E-state index in [0.29, 0.717) is 6.61 Å². The number of rotatable bonds is 11. The molecule has 0 aliphatic rings. The van der Waals surface area contributed by atoms with E-state index in [-0.39, 0.29) is 5.38 Å². The van der Waals surface area contributed by atoms with Gasteiger partial charge in [0.05, 0.1) is 12.2 Å². The number of benzene rings is 1. The molecule has 3 nitrogen and oxygen atoms in total. The van der Waals surface area contributed by atoms with E-state index in [4.69, 9.17) is 21.3 Å². The first-order chi connectivity index (χ1) is 12.2. The molecule has 1 heterocycles. The third kappa shape index (κ3) is 6.66. The summed E-state index contributed by atoms with van der Waals surface area (Å²) in [6.07, 6.45) is 9.61. The molecule has 0 radical (unpaired) electrons. The van der Waals surface area contributed by atoms with E-state index in [1.165, 1.54) is 25.7 Å². The van der Waals surface area contributed by atoms with Gasteiger partial charge in [0.15, 0.2) is 5.82 Å². The molecule has 4 heteroatoms. The monoisotopic (exact) mass is 360 g/mol. The molecule has 25 heavy (non-hydrogen) atoms. The van der Waals surface area contributed by atoms with Gasteiger partial charge in [-0.05, 0) is 43.9 Å². The van der Waals surface area contributed by atoms with Gasteiger partial charge in [-0.1, -0.05) is 45.2 Å². The Morgan fingerprint density at radius 1 is 1.08 bits per heavy atom. The van der Waals surface area contributed by atoms with Crippen molar-refractivity contribution in [3.63, 3.8) is 0 Å². The van der Waals surface area contributed by atoms with Crippen LogP contribution in [0.2, 0.25) is 0 Å². The zero-order valence-electron chi connectivity index (χ0n) is 15.4. The number of alkyl halides is 1. The molecule has 0 saturated heterocycles. The van der Waals surface area contributed by atoms with Crippen molar-refractivity contribution in [3.8, 4) is 17.1 Å². The molecule has 136 valence electrons. The summed E-state index contributed by atoms with van der Waals surface area (Å²) < 4.78 is 5.95. The average Bonchev–Trinajstić information content (AvgIpc) is 2.66. The summed E-state index contributed by atoms with van der Waals surface area (Å²) >= 11 is 6.18. The first-order valence-corrected chi connectivity index (χ1v) is 9.86. The highest BCUT2D eigenvalue weighted by Crippen LogP contribution is 2.27. The fourth-order valence-corrected chi connectivity index (χ4v) is 2.77. The Labute approximate surface area is 156 Å². The summed E-state index contributed by atoms with van der Waals surface area (Å²) in [5, 5.41) is 0.162. The van der Waals surface area contributed by atoms with E-state index < -0.39 is 0 Å². The van der Waals surface area contributed by atoms with Crippen LogP contribution in [0, 0.1) is 0 Å². The maximum absolute atomic E-state index is 6.18. The van der Waals surface area contributed by atoms with Gasteiger partial charge < -0.3 is 4.74 Å². The zero-order valence-corrected chi connectivity index (χ0v) is 16.1. The smallest absolute Gasteiger partial charge is 0.163 e. The third-order valence-corrected chi connectivity index (χ3v) is 4.79. The van der Waals surface area contributed by atoms with Gasteiger partial charge in [0.2, 0.25) is 0 Å². The van der Waals surface area contributed by atoms with E-state index in [2.05, 4.69) is 18.8 Å². The Morgan fingerprint density at radius 2 is 1.92 bits per heavy atom. The molecule has 0 fully saturated rings. The normalized spacial score (nSPS) is 12.1. The number of para-hydroxylation sites is 1. The van der Waals surface area contributed by atoms with Gasteiger partial charge in [-0.25, -0.2) is 9.97 Å². The summed E-state index contributed by atoms with van der Waals surface area (Å²) in [5.74, 6) is 1.56. The van der Waals surface area contributed by atoms with Gasteiger partial charge in [-0.3, -0.25) is 0 Å². The summed E-state index contributed by atoms with van der Waals surface area (Å²) in [4.78, 5) is 9.20. The molecule has 0 N–H and O–H groups in total. The lowest BCUT2D eigenvalue weighted by molar-refractivity contribution is 0.308. The maximum Gasteiger partial charge on any atom is 0.163 e. The number of ether oxygens (including phenoxy) is 1. The molecule has 2 aromatic rings. The Kier molecular flexibility index (Phi) is 8.75. The topological polar surface area (TPSA) is 35.0 Å². The molecule has 1 unspecified atom stereocenters. The molecule has 1 atom stereocenters. The lowest BCUT2D eigenvalue weighted by atomic mass is 10.1. The van der Waals surface area contributed by atoms with E-state index in [1.807, 2.05) is 36.5 Å². The number of aromatic nitrogens is 2. The van der Waals surface area contributed by atoms with Gasteiger partial charge in [-0.15, -0.1) is 11.6 Å². The summed E-state index contributed by atoms with van der Waals surface area (Å²) in [6, 6.07) is 9.98. The minimum absolute atomic E-state index is 0.162. The van der Waals surface area contributed by atoms with Gasteiger partial charge in [0.1, 0.15) is 5.75 Å². The predicted octanol–water partition coefficient (Wildman–Crippen LogP) is 6.05. The number of hydrogen-bond acceptors (Lipinski definition) is 3. The van der Waals surface area contributed by atoms with Crippen LogP contribution in [0.15, 0.2) is 36.5 Å². The lowest BCUT2D eigenvalue weighted by Gasteiger charge is -2.12. The predicted molar refractivity (Wildman–Crippen MR) is 105 cm³/mol. The van der Waals surface area contributed by atoms with Crippen LogP contribution in [0.1, 0.15) is 58.1 Å². The average molecular weight is 361 g/mol. The van der Waals surface area contributed by atoms with Gasteiger partial charge in [0, 0.05) is 17.3 Å². The molecule has 1 aromatic carbocycles. The Morgan fingerprint density at radius 3 is 2.72 bits per heavy atom. The fourth-order valence-electron chi connectivity index (χ4n) is 2.68. The minimum Gasteiger partial charge on any atom is -0.493 e. The van der Waals surface area contributed by atoms with Crippen LogP contribution in [0.25, 0.3) is 11.4 Å². The molecule has 0 spiro atoms. The van der Waals surface area contributed by atoms with Crippen LogP contribution in [-0.4, -0.2) is 22.0 Å². The largest absolute Gasteiger partial charge is 0.493 e. The standard InChI is InChI=1S/C21H29ClN2O/c1-3-5-6-7-10-18-13-15-23-21(24-18)19-11-8-9-12-20(19)25-16-14-17(22)4-2/h8-9,11-13,15,17H,3-7,10,14,16H2,1-2H3. The van der Waals surface area contributed by atoms with E-state index in [9.17, 15) is 0 Å². The molecule has 2 rings (SSSR count). The summed E-state index contributed by atoms with van der Waals surface area (Å²) in [7, 11) is 0. The van der Waals surface area contributed by atoms with E-state index in [1.54, 1.807) is 0 Å². The number of nitrogens with zero attached hydrogens (tertiary/aromatic N) is 2. The van der Waals surface area contributed by atoms with Crippen LogP contribution in [-0.2, 0) is 6.42 Å². The van der Waals surface area contributed by atoms with Crippen molar-refractivity contribution in [1.29, 1.82) is 0 Å². The van der Waals surface area contributed by atoms with Crippen molar-refractivity contribution in [3.05, 3.63) is 42.2 Å². The molecule has 0 bridgehead atoms. The highest BCUT2D eigenvalue weighted by atomic mass is 35.5. The molecule has 0 amide bonds. The second kappa shape index (κ2) is 11.1. The van der Waals surface area contributed by atoms with Crippen molar-refractivity contribution in [2.75, 3.05) is 6.61 Å². The summed E-state index contributed by atoms with van der Waals surface area (Å²) in [6.45, 7) is 4.92. The molecule has 1 aromatic heterocycles. The van der Waals surface area contributed by atoms with Gasteiger partial charge in [0.25, 0.3) is 0 Å². The second-order valence-electron chi connectivity index (χ2n) is 6.32. The Bertz CT molecular complexity index is 633. The fraction of sp³-hybridized carbons (Fsp3) is 0.524. The Hall–Kier alpha value is -1.61. The molecular weight excluding hydrogens is 332 g/mol. The molecule has 0 saturated carbocycles. The number of aryl methyl sites for hydroxylation is 1. The third-order valence-electron chi connectivity index (χ3n) is 4.26. The van der Waals surface area contributed by atoms with Gasteiger partial charge in [-0.2, -0.15) is 0 Å². The highest BCUT2D eigenvalue weighted by Gasteiger charge is 2.10. The highest BCUT2D eigenvalue weighted by molar-refractivity contribution is 6.20. The van der Waals surface area contributed by atoms with E-state index in [0.717, 1.165) is 42.1 Å². The lowest BCUT2D eigenvalue weighted by Crippen LogP contribution is -2.06. The minimum atomic E-state index is 0.162. The molecular formula is C21H29ClN2O. The number of halogens is 1. The van der Waals surface area contributed by atoms with Crippen LogP contribution in [0.5, 0.6) is 5.75 Å². The quantitative estimate of drug-likeness (QED) is 0.361. The van der Waals surface area contributed by atoms with E-state index >= 15 is 0 Å². The molecule has 0 aliphatic carbocycles. The first-order valence-electron chi connectivity index (χ1n) is 9.42. The maximum atomic E-state index is 6.18. The number of hydrogen-bond donors (Lipinski definition) is 0. The van der Waals surface area contributed by atoms with Crippen molar-refractivity contribution >= 4 is 11.6 Å². The van der Waals surface area contributed by atoms with Crippen molar-refractivity contribution < 1.29 is 4.74 Å². The van der Waals surface area contributed by atoms with Crippen molar-refractivity contribution in [2.45, 2.75) is 64.2 Å². The van der Waals surface area contributed by atoms with Crippen molar-refractivity contribution in [1.82, 2.24) is 9.97 Å². The second-order valence-corrected chi connectivity index (χ2v) is 6.94. The van der Waals surface area contributed by atoms with Gasteiger partial charge >= 0.3 is 0 Å².